The van der Waals surface area contributed by atoms with Crippen molar-refractivity contribution in [2.24, 2.45) is 0 Å². The van der Waals surface area contributed by atoms with Gasteiger partial charge in [0.2, 0.25) is 0 Å². The van der Waals surface area contributed by atoms with Crippen LogP contribution in [0.15, 0.2) is 33.7 Å². The van der Waals surface area contributed by atoms with Crippen LogP contribution in [0, 0.1) is 0 Å². The average Bonchev–Trinajstić information content (AvgIpc) is 3.09. The molecule has 1 saturated heterocycles. The summed E-state index contributed by atoms with van der Waals surface area (Å²) in [6.07, 6.45) is 3.65. The number of aromatic nitrogens is 2. The molecule has 0 aliphatic carbocycles. The molecule has 1 fully saturated rings. The van der Waals surface area contributed by atoms with Gasteiger partial charge >= 0.3 is 0 Å². The van der Waals surface area contributed by atoms with Crippen molar-refractivity contribution < 1.29 is 0 Å². The van der Waals surface area contributed by atoms with Crippen LogP contribution >= 0.6 is 27.3 Å². The van der Waals surface area contributed by atoms with Gasteiger partial charge in [0, 0.05) is 44.6 Å². The van der Waals surface area contributed by atoms with Crippen LogP contribution in [0.5, 0.6) is 0 Å². The molecule has 0 unspecified atom stereocenters. The summed E-state index contributed by atoms with van der Waals surface area (Å²) in [6.45, 7) is 8.82. The molecule has 0 saturated carbocycles. The third-order valence-electron chi connectivity index (χ3n) is 4.48. The first-order chi connectivity index (χ1) is 10.6. The molecule has 3 rings (SSSR count). The van der Waals surface area contributed by atoms with Crippen molar-refractivity contribution in [2.45, 2.75) is 25.9 Å². The van der Waals surface area contributed by atoms with Crippen LogP contribution in [-0.4, -0.2) is 45.9 Å². The first kappa shape index (κ1) is 16.1. The number of halogens is 1. The molecule has 2 atom stereocenters. The van der Waals surface area contributed by atoms with E-state index in [0.29, 0.717) is 6.04 Å². The monoisotopic (exact) mass is 380 g/mol. The molecule has 0 N–H and O–H groups in total. The minimum Gasteiger partial charge on any atom is -0.294 e. The summed E-state index contributed by atoms with van der Waals surface area (Å²) in [5.74, 6) is 0.905. The zero-order valence-corrected chi connectivity index (χ0v) is 15.3. The maximum absolute atomic E-state index is 4.44. The molecule has 0 aromatic carbocycles. The van der Waals surface area contributed by atoms with E-state index in [9.17, 15) is 0 Å². The molecule has 1 aliphatic heterocycles. The normalized spacial score (nSPS) is 20.0. The maximum atomic E-state index is 4.44. The van der Waals surface area contributed by atoms with Crippen molar-refractivity contribution in [3.63, 3.8) is 0 Å². The van der Waals surface area contributed by atoms with Gasteiger partial charge in [0.1, 0.15) is 5.82 Å². The fourth-order valence-corrected chi connectivity index (χ4v) is 3.89. The Labute approximate surface area is 144 Å². The molecule has 2 aromatic heterocycles. The van der Waals surface area contributed by atoms with E-state index < -0.39 is 0 Å². The lowest BCUT2D eigenvalue weighted by Gasteiger charge is -2.40. The van der Waals surface area contributed by atoms with Gasteiger partial charge in [-0.25, -0.2) is 9.97 Å². The summed E-state index contributed by atoms with van der Waals surface area (Å²) >= 11 is 5.17. The number of thiophene rings is 1. The van der Waals surface area contributed by atoms with Crippen LogP contribution in [0.3, 0.4) is 0 Å². The van der Waals surface area contributed by atoms with E-state index in [1.807, 2.05) is 12.4 Å². The Kier molecular flexibility index (Phi) is 5.23. The Morgan fingerprint density at radius 1 is 1.05 bits per heavy atom. The van der Waals surface area contributed by atoms with E-state index in [4.69, 9.17) is 0 Å². The molecule has 0 spiro atoms. The Hall–Kier alpha value is -0.820. The highest BCUT2D eigenvalue weighted by molar-refractivity contribution is 9.10. The standard InChI is InChI=1S/C16H21BrN4S/c1-12(14-3-8-22-11-14)20-4-6-21(7-5-20)13(2)16-18-9-15(17)10-19-16/h3,8-13H,4-7H2,1-2H3/t12-,13-/m0/s1. The van der Waals surface area contributed by atoms with Gasteiger partial charge in [-0.2, -0.15) is 11.3 Å². The summed E-state index contributed by atoms with van der Waals surface area (Å²) in [5.41, 5.74) is 1.43. The lowest BCUT2D eigenvalue weighted by atomic mass is 10.1. The third-order valence-corrected chi connectivity index (χ3v) is 5.59. The van der Waals surface area contributed by atoms with Crippen molar-refractivity contribution >= 4 is 27.3 Å². The first-order valence-corrected chi connectivity index (χ1v) is 9.36. The Balaban J connectivity index is 1.58. The van der Waals surface area contributed by atoms with E-state index in [2.05, 4.69) is 66.4 Å². The van der Waals surface area contributed by atoms with Crippen molar-refractivity contribution in [1.29, 1.82) is 0 Å². The molecular formula is C16H21BrN4S. The van der Waals surface area contributed by atoms with Crippen LogP contribution in [0.1, 0.15) is 37.3 Å². The average molecular weight is 381 g/mol. The van der Waals surface area contributed by atoms with Gasteiger partial charge in [-0.05, 0) is 52.2 Å². The zero-order chi connectivity index (χ0) is 15.5. The molecule has 6 heteroatoms. The van der Waals surface area contributed by atoms with Gasteiger partial charge in [0.15, 0.2) is 0 Å². The fraction of sp³-hybridized carbons (Fsp3) is 0.500. The number of hydrogen-bond acceptors (Lipinski definition) is 5. The SMILES string of the molecule is C[C@@H](c1ccsc1)N1CCN([C@@H](C)c2ncc(Br)cn2)CC1. The van der Waals surface area contributed by atoms with Gasteiger partial charge in [-0.15, -0.1) is 0 Å². The molecule has 22 heavy (non-hydrogen) atoms. The highest BCUT2D eigenvalue weighted by Crippen LogP contribution is 2.26. The van der Waals surface area contributed by atoms with E-state index >= 15 is 0 Å². The molecule has 118 valence electrons. The van der Waals surface area contributed by atoms with Crippen molar-refractivity contribution in [1.82, 2.24) is 19.8 Å². The summed E-state index contributed by atoms with van der Waals surface area (Å²) in [5, 5.41) is 4.42. The molecule has 1 aliphatic rings. The van der Waals surface area contributed by atoms with E-state index in [0.717, 1.165) is 36.5 Å². The summed E-state index contributed by atoms with van der Waals surface area (Å²) in [6, 6.07) is 3.01. The van der Waals surface area contributed by atoms with Crippen LogP contribution in [0.2, 0.25) is 0 Å². The molecular weight excluding hydrogens is 360 g/mol. The molecule has 4 nitrogen and oxygen atoms in total. The number of nitrogens with zero attached hydrogens (tertiary/aromatic N) is 4. The lowest BCUT2D eigenvalue weighted by molar-refractivity contribution is 0.0759. The van der Waals surface area contributed by atoms with Gasteiger partial charge in [0.25, 0.3) is 0 Å². The van der Waals surface area contributed by atoms with Crippen molar-refractivity contribution in [3.8, 4) is 0 Å². The lowest BCUT2D eigenvalue weighted by Crippen LogP contribution is -2.47. The molecule has 0 radical (unpaired) electrons. The number of rotatable bonds is 4. The van der Waals surface area contributed by atoms with E-state index in [-0.39, 0.29) is 6.04 Å². The van der Waals surface area contributed by atoms with Crippen molar-refractivity contribution in [2.75, 3.05) is 26.2 Å². The minimum atomic E-state index is 0.270. The molecule has 2 aromatic rings. The predicted octanol–water partition coefficient (Wildman–Crippen LogP) is 3.74. The summed E-state index contributed by atoms with van der Waals surface area (Å²) in [7, 11) is 0. The topological polar surface area (TPSA) is 32.3 Å². The summed E-state index contributed by atoms with van der Waals surface area (Å²) < 4.78 is 0.929. The van der Waals surface area contributed by atoms with Gasteiger partial charge < -0.3 is 0 Å². The Morgan fingerprint density at radius 2 is 1.64 bits per heavy atom. The molecule has 3 heterocycles. The van der Waals surface area contributed by atoms with Crippen LogP contribution < -0.4 is 0 Å². The maximum Gasteiger partial charge on any atom is 0.145 e. The summed E-state index contributed by atoms with van der Waals surface area (Å²) in [4.78, 5) is 13.9. The molecule has 0 amide bonds. The van der Waals surface area contributed by atoms with Gasteiger partial charge in [-0.1, -0.05) is 0 Å². The predicted molar refractivity (Wildman–Crippen MR) is 94.0 cm³/mol. The Morgan fingerprint density at radius 3 is 2.18 bits per heavy atom. The second kappa shape index (κ2) is 7.17. The first-order valence-electron chi connectivity index (χ1n) is 7.63. The van der Waals surface area contributed by atoms with E-state index in [1.165, 1.54) is 5.56 Å². The smallest absolute Gasteiger partial charge is 0.145 e. The van der Waals surface area contributed by atoms with Gasteiger partial charge in [-0.3, -0.25) is 9.80 Å². The second-order valence-electron chi connectivity index (χ2n) is 5.74. The number of hydrogen-bond donors (Lipinski definition) is 0. The highest BCUT2D eigenvalue weighted by Gasteiger charge is 2.26. The fourth-order valence-electron chi connectivity index (χ4n) is 2.94. The zero-order valence-electron chi connectivity index (χ0n) is 12.9. The quantitative estimate of drug-likeness (QED) is 0.808. The van der Waals surface area contributed by atoms with Crippen molar-refractivity contribution in [3.05, 3.63) is 45.1 Å². The van der Waals surface area contributed by atoms with E-state index in [1.54, 1.807) is 11.3 Å². The Bertz CT molecular complexity index is 579. The van der Waals surface area contributed by atoms with Crippen LogP contribution in [-0.2, 0) is 0 Å². The molecule has 0 bridgehead atoms. The number of piperazine rings is 1. The van der Waals surface area contributed by atoms with Crippen LogP contribution in [0.4, 0.5) is 0 Å². The largest absolute Gasteiger partial charge is 0.294 e. The highest BCUT2D eigenvalue weighted by atomic mass is 79.9. The van der Waals surface area contributed by atoms with Gasteiger partial charge in [0.05, 0.1) is 10.5 Å². The van der Waals surface area contributed by atoms with Crippen LogP contribution in [0.25, 0.3) is 0 Å². The second-order valence-corrected chi connectivity index (χ2v) is 7.44. The third kappa shape index (κ3) is 3.56. The minimum absolute atomic E-state index is 0.270.